The fourth-order valence-electron chi connectivity index (χ4n) is 0.845. The molecule has 0 unspecified atom stereocenters. The summed E-state index contributed by atoms with van der Waals surface area (Å²) in [6, 6.07) is 6.44. The van der Waals surface area contributed by atoms with E-state index in [9.17, 15) is 8.42 Å². The van der Waals surface area contributed by atoms with Crippen LogP contribution in [0.25, 0.3) is 0 Å². The Kier molecular flexibility index (Phi) is 3.87. The molecule has 1 rings (SSSR count). The molecule has 0 bridgehead atoms. The standard InChI is InChI=1S/C9H11BrN2O2S/c1-12(2)7-11-15(13,14)9-5-3-4-8(10)6-9/h3-7H,1-2H3. The van der Waals surface area contributed by atoms with Crippen molar-refractivity contribution in [3.05, 3.63) is 28.7 Å². The van der Waals surface area contributed by atoms with Gasteiger partial charge in [0.15, 0.2) is 0 Å². The summed E-state index contributed by atoms with van der Waals surface area (Å²) in [6.07, 6.45) is 1.26. The second kappa shape index (κ2) is 4.76. The van der Waals surface area contributed by atoms with E-state index < -0.39 is 10.0 Å². The quantitative estimate of drug-likeness (QED) is 0.629. The van der Waals surface area contributed by atoms with Crippen molar-refractivity contribution in [2.75, 3.05) is 14.1 Å². The normalized spacial score (nSPS) is 11.9. The maximum absolute atomic E-state index is 11.6. The zero-order valence-corrected chi connectivity index (χ0v) is 10.8. The van der Waals surface area contributed by atoms with E-state index in [1.54, 1.807) is 31.1 Å². The highest BCUT2D eigenvalue weighted by atomic mass is 79.9. The van der Waals surface area contributed by atoms with Crippen LogP contribution < -0.4 is 0 Å². The molecular formula is C9H11BrN2O2S. The lowest BCUT2D eigenvalue weighted by atomic mass is 10.4. The Morgan fingerprint density at radius 1 is 1.40 bits per heavy atom. The predicted octanol–water partition coefficient (Wildman–Crippen LogP) is 1.73. The molecule has 0 aliphatic carbocycles. The second-order valence-corrected chi connectivity index (χ2v) is 5.66. The highest BCUT2D eigenvalue weighted by Gasteiger charge is 2.11. The van der Waals surface area contributed by atoms with Crippen molar-refractivity contribution in [2.45, 2.75) is 4.90 Å². The molecule has 15 heavy (non-hydrogen) atoms. The van der Waals surface area contributed by atoms with E-state index in [-0.39, 0.29) is 4.90 Å². The summed E-state index contributed by atoms with van der Waals surface area (Å²) in [5, 5.41) is 0. The SMILES string of the molecule is CN(C)C=NS(=O)(=O)c1cccc(Br)c1. The average molecular weight is 291 g/mol. The molecule has 0 amide bonds. The van der Waals surface area contributed by atoms with E-state index in [2.05, 4.69) is 20.3 Å². The summed E-state index contributed by atoms with van der Waals surface area (Å²) in [5.41, 5.74) is 0. The first-order chi connectivity index (χ1) is 6.92. The van der Waals surface area contributed by atoms with Crippen molar-refractivity contribution >= 4 is 32.3 Å². The Bertz CT molecular complexity index is 469. The van der Waals surface area contributed by atoms with E-state index in [4.69, 9.17) is 0 Å². The highest BCUT2D eigenvalue weighted by Crippen LogP contribution is 2.17. The van der Waals surface area contributed by atoms with E-state index >= 15 is 0 Å². The number of halogens is 1. The van der Waals surface area contributed by atoms with Crippen LogP contribution in [-0.4, -0.2) is 33.8 Å². The first-order valence-corrected chi connectivity index (χ1v) is 6.37. The van der Waals surface area contributed by atoms with Crippen LogP contribution >= 0.6 is 15.9 Å². The van der Waals surface area contributed by atoms with Gasteiger partial charge in [0.25, 0.3) is 10.0 Å². The minimum atomic E-state index is -3.58. The maximum atomic E-state index is 11.6. The maximum Gasteiger partial charge on any atom is 0.283 e. The second-order valence-electron chi connectivity index (χ2n) is 3.12. The van der Waals surface area contributed by atoms with Gasteiger partial charge in [-0.15, -0.1) is 4.40 Å². The Hall–Kier alpha value is -0.880. The Morgan fingerprint density at radius 2 is 2.07 bits per heavy atom. The molecule has 0 aliphatic rings. The largest absolute Gasteiger partial charge is 0.368 e. The van der Waals surface area contributed by atoms with Gasteiger partial charge < -0.3 is 4.90 Å². The van der Waals surface area contributed by atoms with Crippen molar-refractivity contribution < 1.29 is 8.42 Å². The lowest BCUT2D eigenvalue weighted by Gasteiger charge is -2.03. The van der Waals surface area contributed by atoms with Crippen molar-refractivity contribution in [1.29, 1.82) is 0 Å². The number of sulfonamides is 1. The molecular weight excluding hydrogens is 280 g/mol. The minimum absolute atomic E-state index is 0.176. The van der Waals surface area contributed by atoms with Crippen LogP contribution in [0.4, 0.5) is 0 Å². The molecule has 4 nitrogen and oxygen atoms in total. The topological polar surface area (TPSA) is 49.7 Å². The summed E-state index contributed by atoms with van der Waals surface area (Å²) >= 11 is 3.21. The van der Waals surface area contributed by atoms with Crippen molar-refractivity contribution in [3.8, 4) is 0 Å². The number of benzene rings is 1. The summed E-state index contributed by atoms with van der Waals surface area (Å²) in [4.78, 5) is 1.74. The summed E-state index contributed by atoms with van der Waals surface area (Å²) in [5.74, 6) is 0. The zero-order valence-electron chi connectivity index (χ0n) is 8.38. The monoisotopic (exact) mass is 290 g/mol. The smallest absolute Gasteiger partial charge is 0.283 e. The lowest BCUT2D eigenvalue weighted by molar-refractivity contribution is 0.594. The highest BCUT2D eigenvalue weighted by molar-refractivity contribution is 9.10. The summed E-state index contributed by atoms with van der Waals surface area (Å²) < 4.78 is 27.5. The van der Waals surface area contributed by atoms with Gasteiger partial charge in [-0.05, 0) is 18.2 Å². The fourth-order valence-corrected chi connectivity index (χ4v) is 2.36. The first kappa shape index (κ1) is 12.2. The Labute approximate surface area is 97.8 Å². The molecule has 0 saturated carbocycles. The molecule has 0 fully saturated rings. The molecule has 0 aliphatic heterocycles. The van der Waals surface area contributed by atoms with Crippen molar-refractivity contribution in [2.24, 2.45) is 4.40 Å². The summed E-state index contributed by atoms with van der Waals surface area (Å²) in [6.45, 7) is 0. The van der Waals surface area contributed by atoms with Gasteiger partial charge >= 0.3 is 0 Å². The molecule has 1 aromatic carbocycles. The molecule has 0 saturated heterocycles. The van der Waals surface area contributed by atoms with Gasteiger partial charge in [0.05, 0.1) is 4.90 Å². The molecule has 82 valence electrons. The van der Waals surface area contributed by atoms with Gasteiger partial charge in [0.2, 0.25) is 0 Å². The number of hydrogen-bond donors (Lipinski definition) is 0. The van der Waals surface area contributed by atoms with Crippen LogP contribution in [0.15, 0.2) is 38.0 Å². The number of hydrogen-bond acceptors (Lipinski definition) is 2. The number of rotatable bonds is 3. The minimum Gasteiger partial charge on any atom is -0.368 e. The molecule has 0 radical (unpaired) electrons. The van der Waals surface area contributed by atoms with Crippen LogP contribution in [0.3, 0.4) is 0 Å². The fraction of sp³-hybridized carbons (Fsp3) is 0.222. The third-order valence-electron chi connectivity index (χ3n) is 1.51. The number of nitrogens with zero attached hydrogens (tertiary/aromatic N) is 2. The molecule has 6 heteroatoms. The van der Waals surface area contributed by atoms with E-state index in [0.717, 1.165) is 0 Å². The van der Waals surface area contributed by atoms with Crippen LogP contribution in [0.5, 0.6) is 0 Å². The molecule has 0 aromatic heterocycles. The van der Waals surface area contributed by atoms with Gasteiger partial charge in [-0.25, -0.2) is 0 Å². The predicted molar refractivity (Wildman–Crippen MR) is 63.5 cm³/mol. The third kappa shape index (κ3) is 3.64. The average Bonchev–Trinajstić information content (AvgIpc) is 2.15. The van der Waals surface area contributed by atoms with Crippen molar-refractivity contribution in [3.63, 3.8) is 0 Å². The van der Waals surface area contributed by atoms with Crippen LogP contribution in [0, 0.1) is 0 Å². The van der Waals surface area contributed by atoms with Crippen LogP contribution in [-0.2, 0) is 10.0 Å². The molecule has 1 aromatic rings. The zero-order chi connectivity index (χ0) is 11.5. The van der Waals surface area contributed by atoms with Crippen LogP contribution in [0.1, 0.15) is 0 Å². The molecule has 0 N–H and O–H groups in total. The lowest BCUT2D eigenvalue weighted by Crippen LogP contribution is -2.10. The van der Waals surface area contributed by atoms with Gasteiger partial charge in [0, 0.05) is 18.6 Å². The van der Waals surface area contributed by atoms with Gasteiger partial charge in [-0.2, -0.15) is 8.42 Å². The van der Waals surface area contributed by atoms with Crippen molar-refractivity contribution in [1.82, 2.24) is 4.90 Å². The molecule has 0 atom stereocenters. The molecule has 0 spiro atoms. The van der Waals surface area contributed by atoms with Gasteiger partial charge in [0.1, 0.15) is 6.34 Å². The van der Waals surface area contributed by atoms with Gasteiger partial charge in [-0.1, -0.05) is 22.0 Å². The van der Waals surface area contributed by atoms with E-state index in [1.165, 1.54) is 18.5 Å². The Balaban J connectivity index is 3.07. The van der Waals surface area contributed by atoms with E-state index in [1.807, 2.05) is 0 Å². The van der Waals surface area contributed by atoms with Gasteiger partial charge in [-0.3, -0.25) is 0 Å². The first-order valence-electron chi connectivity index (χ1n) is 4.14. The Morgan fingerprint density at radius 3 is 2.60 bits per heavy atom. The van der Waals surface area contributed by atoms with E-state index in [0.29, 0.717) is 4.47 Å². The third-order valence-corrected chi connectivity index (χ3v) is 3.23. The van der Waals surface area contributed by atoms with Crippen LogP contribution in [0.2, 0.25) is 0 Å². The molecule has 0 heterocycles. The summed E-state index contributed by atoms with van der Waals surface area (Å²) in [7, 11) is -0.164.